The molecule has 0 bridgehead atoms. The van der Waals surface area contributed by atoms with Crippen molar-refractivity contribution in [3.63, 3.8) is 0 Å². The number of aryl methyl sites for hydroxylation is 2. The molecule has 2 saturated heterocycles. The Bertz CT molecular complexity index is 1310. The average Bonchev–Trinajstić information content (AvgIpc) is 3.53. The third-order valence-corrected chi connectivity index (χ3v) is 8.74. The molecule has 0 unspecified atom stereocenters. The van der Waals surface area contributed by atoms with E-state index in [1.807, 2.05) is 55.7 Å². The van der Waals surface area contributed by atoms with Crippen LogP contribution in [0.15, 0.2) is 67.0 Å². The fraction of sp³-hybridized carbons (Fsp3) is 0.387. The summed E-state index contributed by atoms with van der Waals surface area (Å²) in [5.74, 6) is 0.0689. The van der Waals surface area contributed by atoms with Crippen LogP contribution >= 0.6 is 0 Å². The highest BCUT2D eigenvalue weighted by atomic mass is 16.2. The number of pyridine rings is 1. The van der Waals surface area contributed by atoms with Crippen molar-refractivity contribution in [2.75, 3.05) is 31.1 Å². The van der Waals surface area contributed by atoms with Gasteiger partial charge in [-0.05, 0) is 91.5 Å². The molecule has 2 aromatic carbocycles. The molecule has 0 saturated carbocycles. The molecular formula is C31H34N4O2. The quantitative estimate of drug-likeness (QED) is 0.558. The van der Waals surface area contributed by atoms with E-state index in [1.54, 1.807) is 0 Å². The first-order chi connectivity index (χ1) is 18.0. The number of anilines is 1. The smallest absolute Gasteiger partial charge is 0.253 e. The van der Waals surface area contributed by atoms with E-state index in [0.717, 1.165) is 75.0 Å². The second-order valence-corrected chi connectivity index (χ2v) is 11.0. The highest BCUT2D eigenvalue weighted by Gasteiger charge is 2.42. The molecule has 37 heavy (non-hydrogen) atoms. The molecule has 1 aliphatic carbocycles. The fourth-order valence-corrected chi connectivity index (χ4v) is 6.44. The van der Waals surface area contributed by atoms with E-state index in [0.29, 0.717) is 5.56 Å². The van der Waals surface area contributed by atoms with Crippen molar-refractivity contribution in [2.24, 2.45) is 5.41 Å². The van der Waals surface area contributed by atoms with Crippen LogP contribution in [0.2, 0.25) is 0 Å². The summed E-state index contributed by atoms with van der Waals surface area (Å²) in [6.07, 6.45) is 8.78. The topological polar surface area (TPSA) is 65.5 Å². The first kappa shape index (κ1) is 23.7. The Morgan fingerprint density at radius 1 is 0.973 bits per heavy atom. The van der Waals surface area contributed by atoms with Gasteiger partial charge in [0, 0.05) is 55.4 Å². The van der Waals surface area contributed by atoms with Crippen molar-refractivity contribution >= 4 is 17.5 Å². The number of amides is 2. The van der Waals surface area contributed by atoms with Crippen LogP contribution in [-0.2, 0) is 6.42 Å². The molecular weight excluding hydrogens is 460 g/mol. The number of rotatable bonds is 4. The predicted molar refractivity (Wildman–Crippen MR) is 145 cm³/mol. The summed E-state index contributed by atoms with van der Waals surface area (Å²) in [6.45, 7) is 5.65. The lowest BCUT2D eigenvalue weighted by Gasteiger charge is -2.40. The molecule has 1 N–H and O–H groups in total. The molecule has 2 amide bonds. The van der Waals surface area contributed by atoms with Crippen molar-refractivity contribution < 1.29 is 9.59 Å². The lowest BCUT2D eigenvalue weighted by atomic mass is 9.77. The van der Waals surface area contributed by atoms with Gasteiger partial charge in [-0.25, -0.2) is 0 Å². The molecule has 6 nitrogen and oxygen atoms in total. The molecule has 1 atom stereocenters. The first-order valence-electron chi connectivity index (χ1n) is 13.4. The van der Waals surface area contributed by atoms with Gasteiger partial charge in [0.2, 0.25) is 0 Å². The Morgan fingerprint density at radius 2 is 1.73 bits per heavy atom. The third-order valence-electron chi connectivity index (χ3n) is 8.74. The molecule has 6 rings (SSSR count). The van der Waals surface area contributed by atoms with Crippen molar-refractivity contribution in [1.82, 2.24) is 15.2 Å². The average molecular weight is 495 g/mol. The number of hydrogen-bond donors (Lipinski definition) is 1. The predicted octanol–water partition coefficient (Wildman–Crippen LogP) is 4.94. The number of carbonyl (C=O) groups is 2. The molecule has 3 heterocycles. The zero-order valence-electron chi connectivity index (χ0n) is 21.5. The number of carbonyl (C=O) groups excluding carboxylic acids is 2. The maximum absolute atomic E-state index is 13.6. The van der Waals surface area contributed by atoms with E-state index >= 15 is 0 Å². The summed E-state index contributed by atoms with van der Waals surface area (Å²) in [4.78, 5) is 35.2. The molecule has 0 radical (unpaired) electrons. The van der Waals surface area contributed by atoms with Crippen LogP contribution < -0.4 is 10.2 Å². The van der Waals surface area contributed by atoms with E-state index in [2.05, 4.69) is 38.3 Å². The normalized spacial score (nSPS) is 20.2. The first-order valence-corrected chi connectivity index (χ1v) is 13.4. The molecule has 1 spiro atoms. The summed E-state index contributed by atoms with van der Waals surface area (Å²) in [6, 6.07) is 17.9. The van der Waals surface area contributed by atoms with Crippen LogP contribution in [0.3, 0.4) is 0 Å². The number of hydrogen-bond acceptors (Lipinski definition) is 4. The summed E-state index contributed by atoms with van der Waals surface area (Å²) < 4.78 is 0. The SMILES string of the molecule is Cc1ccccc1C(=O)N[C@@H]1CCc2ccc(C(=O)N3CCC4(CCN(c5ccncc5)CC4)C3)cc21. The Kier molecular flexibility index (Phi) is 6.19. The zero-order valence-corrected chi connectivity index (χ0v) is 21.5. The van der Waals surface area contributed by atoms with E-state index in [-0.39, 0.29) is 23.3 Å². The van der Waals surface area contributed by atoms with Crippen molar-refractivity contribution in [3.8, 4) is 0 Å². The monoisotopic (exact) mass is 494 g/mol. The summed E-state index contributed by atoms with van der Waals surface area (Å²) in [5, 5.41) is 3.22. The molecule has 2 aliphatic heterocycles. The zero-order chi connectivity index (χ0) is 25.4. The van der Waals surface area contributed by atoms with Gasteiger partial charge in [0.15, 0.2) is 0 Å². The molecule has 6 heteroatoms. The van der Waals surface area contributed by atoms with E-state index in [9.17, 15) is 9.59 Å². The summed E-state index contributed by atoms with van der Waals surface area (Å²) in [5.41, 5.74) is 6.19. The lowest BCUT2D eigenvalue weighted by molar-refractivity contribution is 0.0764. The molecule has 1 aromatic heterocycles. The molecule has 2 fully saturated rings. The number of aromatic nitrogens is 1. The minimum absolute atomic E-state index is 0.0488. The van der Waals surface area contributed by atoms with Crippen LogP contribution in [0.5, 0.6) is 0 Å². The number of nitrogens with zero attached hydrogens (tertiary/aromatic N) is 3. The van der Waals surface area contributed by atoms with Crippen molar-refractivity contribution in [1.29, 1.82) is 0 Å². The third kappa shape index (κ3) is 4.61. The standard InChI is InChI=1S/C31H34N4O2/c1-22-4-2-3-5-26(22)29(36)33-28-9-8-23-6-7-24(20-27(23)28)30(37)35-19-14-31(21-35)12-17-34(18-13-31)25-10-15-32-16-11-25/h2-7,10-11,15-16,20,28H,8-9,12-14,17-19,21H2,1H3,(H,33,36)/t28-/m1/s1. The van der Waals surface area contributed by atoms with Gasteiger partial charge in [-0.3, -0.25) is 14.6 Å². The number of piperidine rings is 1. The summed E-state index contributed by atoms with van der Waals surface area (Å²) in [7, 11) is 0. The highest BCUT2D eigenvalue weighted by Crippen LogP contribution is 2.42. The number of benzene rings is 2. The van der Waals surface area contributed by atoms with Crippen LogP contribution in [-0.4, -0.2) is 47.9 Å². The van der Waals surface area contributed by atoms with Gasteiger partial charge in [-0.15, -0.1) is 0 Å². The van der Waals surface area contributed by atoms with E-state index < -0.39 is 0 Å². The van der Waals surface area contributed by atoms with Crippen LogP contribution in [0.25, 0.3) is 0 Å². The van der Waals surface area contributed by atoms with Gasteiger partial charge in [0.25, 0.3) is 11.8 Å². The minimum Gasteiger partial charge on any atom is -0.371 e. The Morgan fingerprint density at radius 3 is 2.51 bits per heavy atom. The van der Waals surface area contributed by atoms with Gasteiger partial charge in [-0.2, -0.15) is 0 Å². The summed E-state index contributed by atoms with van der Waals surface area (Å²) >= 11 is 0. The molecule has 3 aromatic rings. The van der Waals surface area contributed by atoms with Gasteiger partial charge in [-0.1, -0.05) is 24.3 Å². The van der Waals surface area contributed by atoms with Gasteiger partial charge in [0.1, 0.15) is 0 Å². The minimum atomic E-state index is -0.0581. The van der Waals surface area contributed by atoms with Crippen LogP contribution in [0.1, 0.15) is 69.1 Å². The number of likely N-dealkylation sites (tertiary alicyclic amines) is 1. The number of nitrogens with one attached hydrogen (secondary N) is 1. The van der Waals surface area contributed by atoms with Crippen LogP contribution in [0, 0.1) is 12.3 Å². The highest BCUT2D eigenvalue weighted by molar-refractivity contribution is 5.96. The van der Waals surface area contributed by atoms with Gasteiger partial charge in [0.05, 0.1) is 6.04 Å². The van der Waals surface area contributed by atoms with Gasteiger partial charge < -0.3 is 15.1 Å². The lowest BCUT2D eigenvalue weighted by Crippen LogP contribution is -2.42. The number of fused-ring (bicyclic) bond motifs is 1. The van der Waals surface area contributed by atoms with Crippen molar-refractivity contribution in [2.45, 2.75) is 45.1 Å². The fourth-order valence-electron chi connectivity index (χ4n) is 6.44. The molecule has 3 aliphatic rings. The molecule has 190 valence electrons. The Balaban J connectivity index is 1.12. The van der Waals surface area contributed by atoms with Crippen LogP contribution in [0.4, 0.5) is 5.69 Å². The van der Waals surface area contributed by atoms with Gasteiger partial charge >= 0.3 is 0 Å². The Labute approximate surface area is 218 Å². The van der Waals surface area contributed by atoms with Crippen molar-refractivity contribution in [3.05, 3.63) is 94.8 Å². The maximum Gasteiger partial charge on any atom is 0.253 e. The maximum atomic E-state index is 13.6. The van der Waals surface area contributed by atoms with E-state index in [4.69, 9.17) is 0 Å². The largest absolute Gasteiger partial charge is 0.371 e. The second-order valence-electron chi connectivity index (χ2n) is 11.0. The second kappa shape index (κ2) is 9.66. The van der Waals surface area contributed by atoms with E-state index in [1.165, 1.54) is 11.3 Å². The Hall–Kier alpha value is -3.67.